The number of rotatable bonds is 4. The number of nitro benzene ring substituents is 1. The number of nitrogens with zero attached hydrogens (tertiary/aromatic N) is 3. The number of amides is 4. The number of likely N-dealkylation sites (tertiary alicyclic amines) is 1. The first-order valence-corrected chi connectivity index (χ1v) is 14.7. The zero-order chi connectivity index (χ0) is 29.6. The van der Waals surface area contributed by atoms with Crippen LogP contribution in [0.4, 0.5) is 11.4 Å². The Bertz CT molecular complexity index is 1600. The summed E-state index contributed by atoms with van der Waals surface area (Å²) < 4.78 is 0. The zero-order valence-corrected chi connectivity index (χ0v) is 24.7. The number of halogens is 4. The van der Waals surface area contributed by atoms with E-state index in [1.807, 2.05) is 0 Å². The SMILES string of the molecule is O=C1C2CC=C3C(CC4(Cl)C(=O)N(CBr)C(=O)C4(Cl)C3c3ccc(O)cc3Cl)C2C(=O)N1c1ccc([N+](=O)[O-])cc1. The normalized spacial score (nSPS) is 32.5. The maximum absolute atomic E-state index is 14.0. The molecule has 3 fully saturated rings. The molecule has 212 valence electrons. The van der Waals surface area contributed by atoms with Gasteiger partial charge in [0.05, 0.1) is 27.9 Å². The van der Waals surface area contributed by atoms with E-state index in [2.05, 4.69) is 15.9 Å². The summed E-state index contributed by atoms with van der Waals surface area (Å²) in [5.74, 6) is -6.17. The second-order valence-electron chi connectivity index (χ2n) is 10.5. The van der Waals surface area contributed by atoms with E-state index >= 15 is 0 Å². The smallest absolute Gasteiger partial charge is 0.269 e. The molecule has 6 unspecified atom stereocenters. The van der Waals surface area contributed by atoms with E-state index in [0.717, 1.165) is 9.80 Å². The van der Waals surface area contributed by atoms with Crippen molar-refractivity contribution >= 4 is 85.7 Å². The number of phenols is 1. The van der Waals surface area contributed by atoms with Crippen LogP contribution in [0.2, 0.25) is 5.02 Å². The lowest BCUT2D eigenvalue weighted by molar-refractivity contribution is -0.384. The molecule has 6 rings (SSSR count). The molecule has 1 N–H and O–H groups in total. The number of phenolic OH excluding ortho intramolecular Hbond substituents is 1. The van der Waals surface area contributed by atoms with E-state index in [0.29, 0.717) is 11.1 Å². The molecule has 2 aliphatic heterocycles. The third-order valence-corrected chi connectivity index (χ3v) is 10.9. The predicted octanol–water partition coefficient (Wildman–Crippen LogP) is 4.87. The lowest BCUT2D eigenvalue weighted by Crippen LogP contribution is -2.60. The van der Waals surface area contributed by atoms with Crippen LogP contribution in [0.15, 0.2) is 54.1 Å². The Morgan fingerprint density at radius 1 is 1.02 bits per heavy atom. The summed E-state index contributed by atoms with van der Waals surface area (Å²) in [6.45, 7) is 0. The average molecular weight is 684 g/mol. The van der Waals surface area contributed by atoms with Gasteiger partial charge in [0.15, 0.2) is 9.75 Å². The molecule has 4 amide bonds. The fourth-order valence-electron chi connectivity index (χ4n) is 6.83. The molecule has 0 bridgehead atoms. The van der Waals surface area contributed by atoms with Crippen LogP contribution in [0.25, 0.3) is 0 Å². The summed E-state index contributed by atoms with van der Waals surface area (Å²) in [6.07, 6.45) is 1.71. The fraction of sp³-hybridized carbons (Fsp3) is 0.333. The van der Waals surface area contributed by atoms with Crippen molar-refractivity contribution in [3.8, 4) is 5.75 Å². The first-order valence-electron chi connectivity index (χ1n) is 12.5. The van der Waals surface area contributed by atoms with Crippen molar-refractivity contribution in [2.45, 2.75) is 28.5 Å². The van der Waals surface area contributed by atoms with Gasteiger partial charge < -0.3 is 5.11 Å². The summed E-state index contributed by atoms with van der Waals surface area (Å²) >= 11 is 24.0. The Balaban J connectivity index is 1.50. The number of imide groups is 2. The highest BCUT2D eigenvalue weighted by Crippen LogP contribution is 2.66. The van der Waals surface area contributed by atoms with E-state index in [4.69, 9.17) is 34.8 Å². The first kappa shape index (κ1) is 28.1. The molecule has 4 aliphatic rings. The van der Waals surface area contributed by atoms with Crippen LogP contribution >= 0.6 is 50.7 Å². The molecule has 41 heavy (non-hydrogen) atoms. The molecule has 6 atom stereocenters. The summed E-state index contributed by atoms with van der Waals surface area (Å²) in [5.41, 5.74) is 0.707. The van der Waals surface area contributed by atoms with Gasteiger partial charge in [0, 0.05) is 23.1 Å². The van der Waals surface area contributed by atoms with Gasteiger partial charge in [-0.2, -0.15) is 0 Å². The molecule has 2 aliphatic carbocycles. The van der Waals surface area contributed by atoms with E-state index in [9.17, 15) is 34.4 Å². The summed E-state index contributed by atoms with van der Waals surface area (Å²) in [6, 6.07) is 9.23. The Hall–Kier alpha value is -2.99. The Morgan fingerprint density at radius 2 is 1.71 bits per heavy atom. The first-order chi connectivity index (χ1) is 19.4. The minimum Gasteiger partial charge on any atom is -0.508 e. The van der Waals surface area contributed by atoms with Gasteiger partial charge in [-0.3, -0.25) is 39.1 Å². The van der Waals surface area contributed by atoms with Gasteiger partial charge in [-0.1, -0.05) is 45.2 Å². The monoisotopic (exact) mass is 681 g/mol. The Morgan fingerprint density at radius 3 is 2.32 bits per heavy atom. The summed E-state index contributed by atoms with van der Waals surface area (Å²) in [4.78, 5) is 63.4. The number of benzene rings is 2. The number of anilines is 1. The number of nitro groups is 1. The molecule has 0 spiro atoms. The number of hydrogen-bond donors (Lipinski definition) is 1. The highest BCUT2D eigenvalue weighted by Gasteiger charge is 2.76. The molecule has 0 aromatic heterocycles. The second kappa shape index (κ2) is 9.52. The number of carbonyl (C=O) groups is 4. The van der Waals surface area contributed by atoms with Crippen molar-refractivity contribution in [3.05, 3.63) is 74.8 Å². The van der Waals surface area contributed by atoms with Gasteiger partial charge >= 0.3 is 0 Å². The minimum atomic E-state index is -2.01. The standard InChI is InChI=1S/C27H19BrCl3N3O7/c28-11-32-24(38)26(30)10-18-15(21(27(26,31)25(32)39)16-6-5-14(35)9-19(16)29)7-8-17-20(18)23(37)33(22(17)36)12-1-3-13(4-2-12)34(40)41/h1-7,9,17-18,20-21,35H,8,10-11H2. The third kappa shape index (κ3) is 3.68. The van der Waals surface area contributed by atoms with E-state index in [1.54, 1.807) is 6.08 Å². The van der Waals surface area contributed by atoms with E-state index < -0.39 is 62.0 Å². The van der Waals surface area contributed by atoms with E-state index in [1.165, 1.54) is 42.5 Å². The van der Waals surface area contributed by atoms with Crippen molar-refractivity contribution in [1.82, 2.24) is 4.90 Å². The van der Waals surface area contributed by atoms with Crippen molar-refractivity contribution in [1.29, 1.82) is 0 Å². The Kier molecular flexibility index (Phi) is 6.53. The van der Waals surface area contributed by atoms with E-state index in [-0.39, 0.29) is 40.4 Å². The van der Waals surface area contributed by atoms with Crippen LogP contribution in [-0.2, 0) is 19.2 Å². The number of alkyl halides is 3. The van der Waals surface area contributed by atoms with Crippen LogP contribution in [0.3, 0.4) is 0 Å². The number of allylic oxidation sites excluding steroid dienone is 2. The van der Waals surface area contributed by atoms with Crippen LogP contribution in [0, 0.1) is 27.9 Å². The van der Waals surface area contributed by atoms with Crippen molar-refractivity contribution in [2.75, 3.05) is 10.4 Å². The van der Waals surface area contributed by atoms with Gasteiger partial charge in [-0.25, -0.2) is 0 Å². The third-order valence-electron chi connectivity index (χ3n) is 8.63. The Labute approximate surface area is 256 Å². The molecule has 2 heterocycles. The van der Waals surface area contributed by atoms with Gasteiger partial charge in [-0.15, -0.1) is 23.2 Å². The molecular formula is C27H19BrCl3N3O7. The van der Waals surface area contributed by atoms with Crippen molar-refractivity contribution in [3.63, 3.8) is 0 Å². The average Bonchev–Trinajstić information content (AvgIpc) is 3.27. The molecule has 2 aromatic rings. The second-order valence-corrected chi connectivity index (χ2v) is 12.6. The molecule has 1 saturated carbocycles. The van der Waals surface area contributed by atoms with Gasteiger partial charge in [-0.05, 0) is 48.6 Å². The van der Waals surface area contributed by atoms with Gasteiger partial charge in [0.25, 0.3) is 17.5 Å². The van der Waals surface area contributed by atoms with Crippen LogP contribution in [0.5, 0.6) is 5.75 Å². The largest absolute Gasteiger partial charge is 0.508 e. The van der Waals surface area contributed by atoms with Crippen molar-refractivity contribution in [2.24, 2.45) is 17.8 Å². The number of hydrogen-bond acceptors (Lipinski definition) is 7. The maximum atomic E-state index is 14.0. The molecule has 2 aromatic carbocycles. The van der Waals surface area contributed by atoms with Crippen LogP contribution < -0.4 is 4.90 Å². The maximum Gasteiger partial charge on any atom is 0.269 e. The zero-order valence-electron chi connectivity index (χ0n) is 20.8. The predicted molar refractivity (Wildman–Crippen MR) is 152 cm³/mol. The van der Waals surface area contributed by atoms with Crippen LogP contribution in [-0.4, -0.2) is 53.8 Å². The molecule has 10 nitrogen and oxygen atoms in total. The molecular weight excluding hydrogens is 665 g/mol. The summed E-state index contributed by atoms with van der Waals surface area (Å²) in [5, 5.41) is 21.2. The topological polar surface area (TPSA) is 138 Å². The van der Waals surface area contributed by atoms with Crippen LogP contribution in [0.1, 0.15) is 24.3 Å². The van der Waals surface area contributed by atoms with Crippen molar-refractivity contribution < 1.29 is 29.2 Å². The highest BCUT2D eigenvalue weighted by atomic mass is 79.9. The molecule has 14 heteroatoms. The van der Waals surface area contributed by atoms with Gasteiger partial charge in [0.2, 0.25) is 11.8 Å². The number of aromatic hydroxyl groups is 1. The fourth-order valence-corrected chi connectivity index (χ4v) is 8.53. The summed E-state index contributed by atoms with van der Waals surface area (Å²) in [7, 11) is 0. The lowest BCUT2D eigenvalue weighted by Gasteiger charge is -2.51. The quantitative estimate of drug-likeness (QED) is 0.121. The molecule has 2 saturated heterocycles. The number of non-ortho nitro benzene ring substituents is 1. The lowest BCUT2D eigenvalue weighted by atomic mass is 9.56. The highest BCUT2D eigenvalue weighted by molar-refractivity contribution is 9.09. The minimum absolute atomic E-state index is 0.0802. The number of carbonyl (C=O) groups excluding carboxylic acids is 4. The molecule has 0 radical (unpaired) electrons. The number of fused-ring (bicyclic) bond motifs is 4. The van der Waals surface area contributed by atoms with Gasteiger partial charge in [0.1, 0.15) is 5.75 Å².